The van der Waals surface area contributed by atoms with Crippen molar-refractivity contribution in [1.82, 2.24) is 9.78 Å². The summed E-state index contributed by atoms with van der Waals surface area (Å²) in [6.07, 6.45) is -0.109. The third-order valence-electron chi connectivity index (χ3n) is 8.49. The Morgan fingerprint density at radius 1 is 1.07 bits per heavy atom. The molecule has 40 heavy (non-hydrogen) atoms. The normalized spacial score (nSPS) is 24.4. The lowest BCUT2D eigenvalue weighted by molar-refractivity contribution is -0.146. The molecule has 3 aromatic carbocycles. The first-order valence-electron chi connectivity index (χ1n) is 13.5. The number of aliphatic hydroxyl groups is 1. The van der Waals surface area contributed by atoms with Crippen molar-refractivity contribution in [1.29, 1.82) is 0 Å². The number of aromatic nitrogens is 2. The summed E-state index contributed by atoms with van der Waals surface area (Å²) in [6.45, 7) is 5.88. The van der Waals surface area contributed by atoms with E-state index >= 15 is 0 Å². The second-order valence-corrected chi connectivity index (χ2v) is 15.8. The average Bonchev–Trinajstić information content (AvgIpc) is 3.49. The van der Waals surface area contributed by atoms with Crippen LogP contribution >= 0.6 is 11.6 Å². The summed E-state index contributed by atoms with van der Waals surface area (Å²) in [5.41, 5.74) is 2.08. The average molecular weight is 578 g/mol. The first-order valence-corrected chi connectivity index (χ1v) is 16.9. The van der Waals surface area contributed by atoms with E-state index in [4.69, 9.17) is 16.3 Å². The first-order chi connectivity index (χ1) is 19.1. The number of carbonyl (C=O) groups excluding carboxylic acids is 1. The molecule has 0 unspecified atom stereocenters. The Bertz CT molecular complexity index is 1660. The zero-order valence-electron chi connectivity index (χ0n) is 22.6. The number of para-hydroxylation sites is 1. The lowest BCUT2D eigenvalue weighted by Gasteiger charge is -2.32. The zero-order valence-corrected chi connectivity index (χ0v) is 24.4. The molecule has 0 saturated carbocycles. The predicted molar refractivity (Wildman–Crippen MR) is 157 cm³/mol. The second kappa shape index (κ2) is 9.71. The molecule has 6 rings (SSSR count). The lowest BCUT2D eigenvalue weighted by Crippen LogP contribution is -2.46. The van der Waals surface area contributed by atoms with E-state index in [0.29, 0.717) is 34.6 Å². The van der Waals surface area contributed by atoms with Crippen molar-refractivity contribution in [2.24, 2.45) is 5.92 Å². The van der Waals surface area contributed by atoms with E-state index in [9.17, 15) is 19.5 Å². The molecule has 4 atom stereocenters. The maximum absolute atomic E-state index is 14.3. The number of rotatable bonds is 6. The topological polar surface area (TPSA) is 108 Å². The van der Waals surface area contributed by atoms with E-state index in [2.05, 4.69) is 5.10 Å². The first kappa shape index (κ1) is 27.0. The van der Waals surface area contributed by atoms with Gasteiger partial charge in [-0.1, -0.05) is 42.8 Å². The minimum Gasteiger partial charge on any atom is -0.432 e. The third-order valence-corrected chi connectivity index (χ3v) is 11.2. The summed E-state index contributed by atoms with van der Waals surface area (Å²) in [4.78, 5) is 40.1. The Morgan fingerprint density at radius 3 is 2.48 bits per heavy atom. The molecule has 0 aliphatic carbocycles. The number of anilines is 1. The molecule has 1 spiro atoms. The van der Waals surface area contributed by atoms with Gasteiger partial charge < -0.3 is 19.5 Å². The fourth-order valence-electron chi connectivity index (χ4n) is 6.78. The second-order valence-electron chi connectivity index (χ2n) is 11.4. The molecule has 1 saturated heterocycles. The van der Waals surface area contributed by atoms with Crippen LogP contribution in [0.25, 0.3) is 16.6 Å². The van der Waals surface area contributed by atoms with Crippen LogP contribution in [0.2, 0.25) is 23.7 Å². The van der Waals surface area contributed by atoms with Crippen LogP contribution < -0.4 is 10.5 Å². The number of fused-ring (bicyclic) bond motifs is 3. The summed E-state index contributed by atoms with van der Waals surface area (Å²) in [7, 11) is -2.77. The van der Waals surface area contributed by atoms with Gasteiger partial charge in [-0.2, -0.15) is 0 Å². The van der Waals surface area contributed by atoms with Crippen molar-refractivity contribution in [2.75, 3.05) is 11.5 Å². The summed E-state index contributed by atoms with van der Waals surface area (Å²) >= 11 is 6.43. The van der Waals surface area contributed by atoms with Crippen LogP contribution in [0, 0.1) is 5.92 Å². The van der Waals surface area contributed by atoms with Gasteiger partial charge in [0.2, 0.25) is 0 Å². The van der Waals surface area contributed by atoms with Gasteiger partial charge in [-0.05, 0) is 67.5 Å². The quantitative estimate of drug-likeness (QED) is 0.288. The molecular weight excluding hydrogens is 546 g/mol. The van der Waals surface area contributed by atoms with E-state index in [-0.39, 0.29) is 29.5 Å². The van der Waals surface area contributed by atoms with E-state index < -0.39 is 20.0 Å². The molecule has 3 heterocycles. The van der Waals surface area contributed by atoms with E-state index in [1.807, 2.05) is 68.5 Å². The fourth-order valence-corrected chi connectivity index (χ4v) is 9.55. The number of nitrogens with zero attached hydrogens (tertiary/aromatic N) is 2. The molecule has 10 heteroatoms. The highest BCUT2D eigenvalue weighted by molar-refractivity contribution is 6.71. The smallest absolute Gasteiger partial charge is 0.279 e. The lowest BCUT2D eigenvalue weighted by atomic mass is 9.82. The van der Waals surface area contributed by atoms with Crippen LogP contribution in [-0.4, -0.2) is 46.6 Å². The SMILES string of the molecule is C[C@@H]1[C@@H]([Si](C)(C)O)[C@H](CCO)O[C@@]12C(=O)N(Cc1ccc(-n3[nH]c4ccccc4c3=O)cc1)c1ccc(Cl)cc12. The van der Waals surface area contributed by atoms with Gasteiger partial charge >= 0.3 is 0 Å². The van der Waals surface area contributed by atoms with Gasteiger partial charge in [-0.15, -0.1) is 0 Å². The minimum atomic E-state index is -2.77. The molecule has 0 bridgehead atoms. The van der Waals surface area contributed by atoms with Crippen molar-refractivity contribution in [3.05, 3.63) is 93.2 Å². The molecule has 8 nitrogen and oxygen atoms in total. The summed E-state index contributed by atoms with van der Waals surface area (Å²) in [6, 6.07) is 20.3. The number of hydrogen-bond donors (Lipinski definition) is 3. The Kier molecular flexibility index (Phi) is 6.55. The largest absolute Gasteiger partial charge is 0.432 e. The standard InChI is InChI=1S/C30H32ClN3O5Si/c1-18-27(40(2,3)38)26(14-15-35)39-30(18)23-16-20(31)10-13-25(23)33(29(30)37)17-19-8-11-21(12-9-19)34-28(36)22-6-4-5-7-24(22)32-34/h4-13,16,18,26-27,32,35,38H,14-15,17H2,1-3H3/t18-,26+,27-,30+/m1/s1. The molecule has 4 aromatic rings. The minimum absolute atomic E-state index is 0.0967. The summed E-state index contributed by atoms with van der Waals surface area (Å²) in [5.74, 6) is -0.515. The maximum Gasteiger partial charge on any atom is 0.279 e. The molecule has 2 aliphatic rings. The van der Waals surface area contributed by atoms with Crippen molar-refractivity contribution in [3.8, 4) is 5.69 Å². The van der Waals surface area contributed by atoms with Crippen LogP contribution in [-0.2, 0) is 21.7 Å². The van der Waals surface area contributed by atoms with Gasteiger partial charge in [0.25, 0.3) is 11.5 Å². The number of carbonyl (C=O) groups is 1. The predicted octanol–water partition coefficient (Wildman–Crippen LogP) is 4.70. The number of ether oxygens (including phenoxy) is 1. The van der Waals surface area contributed by atoms with Gasteiger partial charge in [-0.3, -0.25) is 14.7 Å². The highest BCUT2D eigenvalue weighted by atomic mass is 35.5. The Morgan fingerprint density at radius 2 is 1.80 bits per heavy atom. The summed E-state index contributed by atoms with van der Waals surface area (Å²) in [5, 5.41) is 14.0. The van der Waals surface area contributed by atoms with Gasteiger partial charge in [0, 0.05) is 28.7 Å². The maximum atomic E-state index is 14.3. The molecule has 1 aromatic heterocycles. The van der Waals surface area contributed by atoms with Gasteiger partial charge in [-0.25, -0.2) is 4.68 Å². The van der Waals surface area contributed by atoms with Crippen molar-refractivity contribution in [2.45, 2.75) is 50.2 Å². The van der Waals surface area contributed by atoms with Crippen LogP contribution in [0.1, 0.15) is 24.5 Å². The third kappa shape index (κ3) is 4.07. The number of nitrogens with one attached hydrogen (secondary N) is 1. The Labute approximate surface area is 237 Å². The monoisotopic (exact) mass is 577 g/mol. The van der Waals surface area contributed by atoms with Crippen molar-refractivity contribution >= 4 is 42.4 Å². The van der Waals surface area contributed by atoms with Crippen LogP contribution in [0.3, 0.4) is 0 Å². The van der Waals surface area contributed by atoms with E-state index in [0.717, 1.165) is 16.8 Å². The van der Waals surface area contributed by atoms with Crippen LogP contribution in [0.15, 0.2) is 71.5 Å². The molecule has 1 amide bonds. The van der Waals surface area contributed by atoms with Gasteiger partial charge in [0.1, 0.15) is 0 Å². The zero-order chi connectivity index (χ0) is 28.4. The number of aromatic amines is 1. The van der Waals surface area contributed by atoms with E-state index in [1.54, 1.807) is 23.1 Å². The fraction of sp³-hybridized carbons (Fsp3) is 0.333. The number of aliphatic hydroxyl groups excluding tert-OH is 1. The van der Waals surface area contributed by atoms with Crippen LogP contribution in [0.4, 0.5) is 5.69 Å². The van der Waals surface area contributed by atoms with Crippen molar-refractivity contribution in [3.63, 3.8) is 0 Å². The highest BCUT2D eigenvalue weighted by Crippen LogP contribution is 2.60. The number of H-pyrrole nitrogens is 1. The summed E-state index contributed by atoms with van der Waals surface area (Å²) < 4.78 is 8.12. The molecular formula is C30H32ClN3O5Si. The number of benzene rings is 3. The number of hydrogen-bond acceptors (Lipinski definition) is 5. The molecule has 3 N–H and O–H groups in total. The van der Waals surface area contributed by atoms with E-state index in [1.165, 1.54) is 4.68 Å². The number of halogens is 1. The number of amides is 1. The molecule has 0 radical (unpaired) electrons. The highest BCUT2D eigenvalue weighted by Gasteiger charge is 2.66. The van der Waals surface area contributed by atoms with Crippen molar-refractivity contribution < 1.29 is 19.4 Å². The molecule has 1 fully saturated rings. The Hall–Kier alpha value is -3.21. The van der Waals surface area contributed by atoms with Gasteiger partial charge in [0.05, 0.1) is 34.9 Å². The van der Waals surface area contributed by atoms with Gasteiger partial charge in [0.15, 0.2) is 13.9 Å². The molecule has 2 aliphatic heterocycles. The Balaban J connectivity index is 1.36. The molecule has 208 valence electrons. The van der Waals surface area contributed by atoms with Crippen LogP contribution in [0.5, 0.6) is 0 Å².